The molecule has 0 aromatic carbocycles. The Morgan fingerprint density at radius 3 is 2.36 bits per heavy atom. The predicted octanol–water partition coefficient (Wildman–Crippen LogP) is 0.628. The van der Waals surface area contributed by atoms with Gasteiger partial charge in [0.1, 0.15) is 6.04 Å². The smallest absolute Gasteiger partial charge is 0.324 e. The molecule has 4 heteroatoms. The topological polar surface area (TPSA) is 52.3 Å². The second kappa shape index (κ2) is 3.97. The largest absolute Gasteiger partial charge is 0.468 e. The van der Waals surface area contributed by atoms with E-state index in [4.69, 9.17) is 5.73 Å². The predicted molar refractivity (Wildman–Crippen MR) is 47.6 cm³/mol. The van der Waals surface area contributed by atoms with E-state index >= 15 is 0 Å². The summed E-state index contributed by atoms with van der Waals surface area (Å²) in [5.41, 5.74) is 5.62. The summed E-state index contributed by atoms with van der Waals surface area (Å²) < 4.78 is 4.27. The van der Waals surface area contributed by atoms with Gasteiger partial charge in [-0.25, -0.2) is 0 Å². The Bertz CT molecular complexity index is 147. The molecule has 0 radical (unpaired) electrons. The molecule has 0 aliphatic carbocycles. The van der Waals surface area contributed by atoms with Gasteiger partial charge in [-0.3, -0.25) is 4.79 Å². The molecule has 0 rings (SSSR count). The van der Waals surface area contributed by atoms with E-state index in [1.807, 2.05) is 20.1 Å². The molecule has 1 unspecified atom stereocenters. The third-order valence-electron chi connectivity index (χ3n) is 1.73. The molecule has 11 heavy (non-hydrogen) atoms. The first kappa shape index (κ1) is 10.8. The minimum atomic E-state index is -0.553. The summed E-state index contributed by atoms with van der Waals surface area (Å²) in [6.45, 7) is 3.83. The Kier molecular flexibility index (Phi) is 3.89. The number of thioether (sulfide) groups is 1. The fourth-order valence-corrected chi connectivity index (χ4v) is 0.888. The van der Waals surface area contributed by atoms with Crippen LogP contribution in [0.4, 0.5) is 0 Å². The van der Waals surface area contributed by atoms with Gasteiger partial charge in [0.05, 0.1) is 7.11 Å². The van der Waals surface area contributed by atoms with Crippen LogP contribution in [-0.2, 0) is 9.53 Å². The maximum Gasteiger partial charge on any atom is 0.324 e. The first-order valence-corrected chi connectivity index (χ1v) is 4.56. The first-order valence-electron chi connectivity index (χ1n) is 3.34. The van der Waals surface area contributed by atoms with Crippen molar-refractivity contribution in [3.8, 4) is 0 Å². The van der Waals surface area contributed by atoms with E-state index in [9.17, 15) is 4.79 Å². The van der Waals surface area contributed by atoms with Crippen LogP contribution in [0.5, 0.6) is 0 Å². The monoisotopic (exact) mass is 177 g/mol. The van der Waals surface area contributed by atoms with Crippen molar-refractivity contribution < 1.29 is 9.53 Å². The lowest BCUT2D eigenvalue weighted by molar-refractivity contribution is -0.142. The molecule has 0 heterocycles. The van der Waals surface area contributed by atoms with E-state index in [2.05, 4.69) is 4.74 Å². The molecule has 3 nitrogen and oxygen atoms in total. The van der Waals surface area contributed by atoms with Crippen LogP contribution in [-0.4, -0.2) is 30.1 Å². The Balaban J connectivity index is 4.22. The summed E-state index contributed by atoms with van der Waals surface area (Å²) in [6, 6.07) is -0.553. The standard InChI is InChI=1S/C7H15NO2S/c1-7(2,11-4)5(8)6(9)10-3/h5H,8H2,1-4H3. The number of hydrogen-bond donors (Lipinski definition) is 1. The number of ether oxygens (including phenoxy) is 1. The van der Waals surface area contributed by atoms with Gasteiger partial charge in [-0.2, -0.15) is 11.8 Å². The van der Waals surface area contributed by atoms with Crippen LogP contribution < -0.4 is 5.73 Å². The Hall–Kier alpha value is -0.220. The molecular weight excluding hydrogens is 162 g/mol. The van der Waals surface area contributed by atoms with Crippen molar-refractivity contribution in [2.45, 2.75) is 24.6 Å². The highest BCUT2D eigenvalue weighted by Crippen LogP contribution is 2.24. The van der Waals surface area contributed by atoms with Crippen LogP contribution in [0.1, 0.15) is 13.8 Å². The van der Waals surface area contributed by atoms with Gasteiger partial charge in [-0.1, -0.05) is 0 Å². The Morgan fingerprint density at radius 2 is 2.09 bits per heavy atom. The van der Waals surface area contributed by atoms with Gasteiger partial charge in [0.15, 0.2) is 0 Å². The lowest BCUT2D eigenvalue weighted by atomic mass is 10.1. The van der Waals surface area contributed by atoms with Gasteiger partial charge in [-0.05, 0) is 20.1 Å². The van der Waals surface area contributed by atoms with Crippen molar-refractivity contribution in [1.29, 1.82) is 0 Å². The van der Waals surface area contributed by atoms with Crippen molar-refractivity contribution in [3.05, 3.63) is 0 Å². The van der Waals surface area contributed by atoms with E-state index in [1.165, 1.54) is 7.11 Å². The number of methoxy groups -OCH3 is 1. The van der Waals surface area contributed by atoms with Crippen molar-refractivity contribution in [2.24, 2.45) is 5.73 Å². The van der Waals surface area contributed by atoms with Crippen LogP contribution in [0.2, 0.25) is 0 Å². The molecule has 1 atom stereocenters. The molecule has 0 amide bonds. The molecule has 0 aromatic heterocycles. The maximum absolute atomic E-state index is 11.0. The van der Waals surface area contributed by atoms with E-state index in [1.54, 1.807) is 11.8 Å². The molecule has 0 saturated heterocycles. The summed E-state index contributed by atoms with van der Waals surface area (Å²) in [4.78, 5) is 11.0. The number of esters is 1. The maximum atomic E-state index is 11.0. The van der Waals surface area contributed by atoms with Gasteiger partial charge >= 0.3 is 5.97 Å². The minimum absolute atomic E-state index is 0.257. The second-order valence-electron chi connectivity index (χ2n) is 2.81. The summed E-state index contributed by atoms with van der Waals surface area (Å²) in [7, 11) is 1.35. The summed E-state index contributed by atoms with van der Waals surface area (Å²) in [6.07, 6.45) is 1.92. The van der Waals surface area contributed by atoms with Crippen LogP contribution in [0.3, 0.4) is 0 Å². The Labute approximate surface area is 71.7 Å². The van der Waals surface area contributed by atoms with Gasteiger partial charge in [0, 0.05) is 4.75 Å². The van der Waals surface area contributed by atoms with Gasteiger partial charge < -0.3 is 10.5 Å². The van der Waals surface area contributed by atoms with Crippen molar-refractivity contribution >= 4 is 17.7 Å². The summed E-state index contributed by atoms with van der Waals surface area (Å²) >= 11 is 1.55. The average molecular weight is 177 g/mol. The van der Waals surface area contributed by atoms with Crippen molar-refractivity contribution in [3.63, 3.8) is 0 Å². The molecule has 0 fully saturated rings. The lowest BCUT2D eigenvalue weighted by Crippen LogP contribution is -2.47. The third kappa shape index (κ3) is 2.71. The molecule has 66 valence electrons. The third-order valence-corrected chi connectivity index (χ3v) is 3.04. The molecular formula is C7H15NO2S. The summed E-state index contributed by atoms with van der Waals surface area (Å²) in [5.74, 6) is -0.357. The molecule has 2 N–H and O–H groups in total. The second-order valence-corrected chi connectivity index (χ2v) is 4.27. The fraction of sp³-hybridized carbons (Fsp3) is 0.857. The van der Waals surface area contributed by atoms with E-state index < -0.39 is 6.04 Å². The van der Waals surface area contributed by atoms with E-state index in [-0.39, 0.29) is 10.7 Å². The Morgan fingerprint density at radius 1 is 1.64 bits per heavy atom. The lowest BCUT2D eigenvalue weighted by Gasteiger charge is -2.26. The van der Waals surface area contributed by atoms with Crippen molar-refractivity contribution in [1.82, 2.24) is 0 Å². The number of carbonyl (C=O) groups is 1. The van der Waals surface area contributed by atoms with Gasteiger partial charge in [0.25, 0.3) is 0 Å². The van der Waals surface area contributed by atoms with Gasteiger partial charge in [-0.15, -0.1) is 0 Å². The molecule has 0 aliphatic heterocycles. The number of nitrogens with two attached hydrogens (primary N) is 1. The average Bonchev–Trinajstić information content (AvgIpc) is 2.01. The first-order chi connectivity index (χ1) is 4.95. The van der Waals surface area contributed by atoms with Crippen LogP contribution in [0, 0.1) is 0 Å². The normalized spacial score (nSPS) is 14.3. The van der Waals surface area contributed by atoms with Crippen molar-refractivity contribution in [2.75, 3.05) is 13.4 Å². The van der Waals surface area contributed by atoms with Gasteiger partial charge in [0.2, 0.25) is 0 Å². The number of rotatable bonds is 3. The van der Waals surface area contributed by atoms with Crippen LogP contribution >= 0.6 is 11.8 Å². The zero-order chi connectivity index (χ0) is 9.07. The minimum Gasteiger partial charge on any atom is -0.468 e. The molecule has 0 aromatic rings. The van der Waals surface area contributed by atoms with Crippen LogP contribution in [0.25, 0.3) is 0 Å². The highest BCUT2D eigenvalue weighted by atomic mass is 32.2. The SMILES string of the molecule is COC(=O)C(N)C(C)(C)SC. The molecule has 0 saturated carbocycles. The van der Waals surface area contributed by atoms with Crippen LogP contribution in [0.15, 0.2) is 0 Å². The fourth-order valence-electron chi connectivity index (χ4n) is 0.538. The van der Waals surface area contributed by atoms with E-state index in [0.717, 1.165) is 0 Å². The highest BCUT2D eigenvalue weighted by molar-refractivity contribution is 8.00. The zero-order valence-electron chi connectivity index (χ0n) is 7.38. The van der Waals surface area contributed by atoms with E-state index in [0.29, 0.717) is 0 Å². The molecule has 0 bridgehead atoms. The molecule has 0 spiro atoms. The number of carbonyl (C=O) groups excluding carboxylic acids is 1. The quantitative estimate of drug-likeness (QED) is 0.642. The number of hydrogen-bond acceptors (Lipinski definition) is 4. The molecule has 0 aliphatic rings. The summed E-state index contributed by atoms with van der Waals surface area (Å²) in [5, 5.41) is 0. The zero-order valence-corrected chi connectivity index (χ0v) is 8.20. The highest BCUT2D eigenvalue weighted by Gasteiger charge is 2.31.